The van der Waals surface area contributed by atoms with Gasteiger partial charge in [0.1, 0.15) is 0 Å². The van der Waals surface area contributed by atoms with Crippen molar-refractivity contribution in [2.24, 2.45) is 75.9 Å². The zero-order chi connectivity index (χ0) is 31.2. The first-order valence-corrected chi connectivity index (χ1v) is 19.5. The minimum atomic E-state index is -0.274. The maximum atomic E-state index is 10.8. The van der Waals surface area contributed by atoms with E-state index >= 15 is 0 Å². The first-order chi connectivity index (χ1) is 22.2. The molecule has 0 aromatic carbocycles. The molecule has 2 N–H and O–H groups in total. The highest BCUT2D eigenvalue weighted by atomic mass is 16.7. The molecule has 252 valence electrons. The summed E-state index contributed by atoms with van der Waals surface area (Å²) in [5, 5.41) is 21.6. The summed E-state index contributed by atoms with van der Waals surface area (Å²) in [6.07, 6.45) is 22.0. The van der Waals surface area contributed by atoms with Crippen molar-refractivity contribution < 1.29 is 24.4 Å². The molecule has 5 heteroatoms. The van der Waals surface area contributed by atoms with Gasteiger partial charge in [-0.05, 0) is 153 Å². The molecule has 0 bridgehead atoms. The van der Waals surface area contributed by atoms with E-state index in [9.17, 15) is 10.2 Å². The molecule has 15 atom stereocenters. The van der Waals surface area contributed by atoms with Gasteiger partial charge < -0.3 is 24.4 Å². The van der Waals surface area contributed by atoms with Crippen molar-refractivity contribution in [3.05, 3.63) is 34.6 Å². The molecule has 13 unspecified atom stereocenters. The lowest BCUT2D eigenvalue weighted by Gasteiger charge is -2.55. The second kappa shape index (κ2) is 10.2. The Bertz CT molecular complexity index is 1370. The number of aliphatic hydroxyl groups is 2. The molecule has 0 amide bonds. The number of aliphatic hydroxyl groups excluding tert-OH is 2. The Hall–Kier alpha value is -1.14. The molecule has 0 radical (unpaired) electrons. The second-order valence-electron chi connectivity index (χ2n) is 18.6. The standard InChI is InChI=1S/C21H30O3.C20H28O2/c1-20-6-4-14-13-5-7-21(23-8-9-24-21)11-12(13)2-3-15(14)18(20)16-10-17(16)19(20)22;1-20-8-7-14-13-6-4-12(22-2)9-11(13)3-5-15(14)18(20)16-10-17(16)19(20)21/h2,13-19,22H,3-11H2,1H3;4,14-19,21H,3,5-10H2,1-2H3/t13?,14?,15?,16?,17?,18?,19?,20-;14?,15?,16?,17?,18?,19?,20-/m00/s1. The van der Waals surface area contributed by atoms with Crippen LogP contribution >= 0.6 is 0 Å². The third kappa shape index (κ3) is 4.07. The average molecular weight is 631 g/mol. The van der Waals surface area contributed by atoms with Crippen LogP contribution in [0.4, 0.5) is 0 Å². The van der Waals surface area contributed by atoms with Crippen LogP contribution in [-0.4, -0.2) is 48.5 Å². The Kier molecular flexibility index (Phi) is 6.60. The van der Waals surface area contributed by atoms with E-state index in [0.29, 0.717) is 11.8 Å². The molecule has 1 spiro atoms. The van der Waals surface area contributed by atoms with Gasteiger partial charge in [-0.1, -0.05) is 36.6 Å². The summed E-state index contributed by atoms with van der Waals surface area (Å²) in [5.41, 5.74) is 5.54. The van der Waals surface area contributed by atoms with Gasteiger partial charge in [0.15, 0.2) is 5.79 Å². The molecule has 11 rings (SSSR count). The highest BCUT2D eigenvalue weighted by Crippen LogP contribution is 2.73. The predicted octanol–water partition coefficient (Wildman–Crippen LogP) is 7.58. The lowest BCUT2D eigenvalue weighted by Crippen LogP contribution is -2.50. The number of methoxy groups -OCH3 is 1. The summed E-state index contributed by atoms with van der Waals surface area (Å²) in [7, 11) is 1.81. The van der Waals surface area contributed by atoms with E-state index in [-0.39, 0.29) is 28.8 Å². The molecule has 46 heavy (non-hydrogen) atoms. The first kappa shape index (κ1) is 29.7. The molecule has 5 nitrogen and oxygen atoms in total. The van der Waals surface area contributed by atoms with E-state index in [1.807, 2.05) is 7.11 Å². The van der Waals surface area contributed by atoms with E-state index in [1.54, 1.807) is 16.7 Å². The van der Waals surface area contributed by atoms with Crippen LogP contribution in [0.25, 0.3) is 0 Å². The Labute approximate surface area is 276 Å². The van der Waals surface area contributed by atoms with Gasteiger partial charge in [-0.25, -0.2) is 0 Å². The summed E-state index contributed by atoms with van der Waals surface area (Å²) in [5.74, 6) is 9.56. The van der Waals surface area contributed by atoms with E-state index in [4.69, 9.17) is 14.2 Å². The summed E-state index contributed by atoms with van der Waals surface area (Å²) < 4.78 is 17.5. The lowest BCUT2D eigenvalue weighted by molar-refractivity contribution is -0.177. The number of rotatable bonds is 1. The Morgan fingerprint density at radius 2 is 1.41 bits per heavy atom. The van der Waals surface area contributed by atoms with Crippen LogP contribution in [0.5, 0.6) is 0 Å². The third-order valence-corrected chi connectivity index (χ3v) is 17.0. The summed E-state index contributed by atoms with van der Waals surface area (Å²) in [6, 6.07) is 0. The molecule has 1 heterocycles. The SMILES string of the molecule is COC1=CCC2=C(CCC3C2CC[C@]2(C)C(O)C4CC4C32)C1.C[C@]12CCC3C4CCC5(CC4=CCC3C1C1CC1C2O)OCCO5. The number of ether oxygens (including phenoxy) is 3. The van der Waals surface area contributed by atoms with Crippen molar-refractivity contribution in [2.75, 3.05) is 20.3 Å². The van der Waals surface area contributed by atoms with Gasteiger partial charge in [0.05, 0.1) is 38.3 Å². The maximum Gasteiger partial charge on any atom is 0.172 e. The van der Waals surface area contributed by atoms with Gasteiger partial charge in [0.2, 0.25) is 0 Å². The Morgan fingerprint density at radius 3 is 2.13 bits per heavy atom. The van der Waals surface area contributed by atoms with Crippen LogP contribution in [0.2, 0.25) is 0 Å². The maximum absolute atomic E-state index is 10.8. The molecule has 8 fully saturated rings. The Balaban J connectivity index is 0.000000120. The van der Waals surface area contributed by atoms with Crippen LogP contribution in [0.15, 0.2) is 34.6 Å². The van der Waals surface area contributed by atoms with Crippen molar-refractivity contribution in [1.82, 2.24) is 0 Å². The van der Waals surface area contributed by atoms with Crippen molar-refractivity contribution in [1.29, 1.82) is 0 Å². The average Bonchev–Trinajstić information content (AvgIpc) is 3.96. The minimum Gasteiger partial charge on any atom is -0.501 e. The normalized spacial score (nSPS) is 54.7. The topological polar surface area (TPSA) is 68.2 Å². The van der Waals surface area contributed by atoms with Gasteiger partial charge in [0, 0.05) is 19.3 Å². The highest BCUT2D eigenvalue weighted by Gasteiger charge is 2.70. The summed E-state index contributed by atoms with van der Waals surface area (Å²) in [4.78, 5) is 0. The van der Waals surface area contributed by atoms with Gasteiger partial charge in [0.25, 0.3) is 0 Å². The molecule has 1 aliphatic heterocycles. The van der Waals surface area contributed by atoms with Crippen LogP contribution in [0.1, 0.15) is 104 Å². The second-order valence-corrected chi connectivity index (χ2v) is 18.6. The zero-order valence-electron chi connectivity index (χ0n) is 28.6. The molecule has 7 saturated carbocycles. The molecule has 1 saturated heterocycles. The minimum absolute atomic E-state index is 0.00910. The monoisotopic (exact) mass is 630 g/mol. The quantitative estimate of drug-likeness (QED) is 0.293. The molecular weight excluding hydrogens is 572 g/mol. The van der Waals surface area contributed by atoms with Crippen LogP contribution in [0, 0.1) is 75.9 Å². The molecule has 11 aliphatic rings. The smallest absolute Gasteiger partial charge is 0.172 e. The van der Waals surface area contributed by atoms with E-state index < -0.39 is 0 Å². The largest absolute Gasteiger partial charge is 0.501 e. The van der Waals surface area contributed by atoms with E-state index in [0.717, 1.165) is 92.2 Å². The van der Waals surface area contributed by atoms with E-state index in [1.165, 1.54) is 70.0 Å². The number of hydrogen-bond donors (Lipinski definition) is 2. The van der Waals surface area contributed by atoms with Crippen molar-refractivity contribution in [2.45, 2.75) is 122 Å². The third-order valence-electron chi connectivity index (χ3n) is 17.0. The lowest BCUT2D eigenvalue weighted by atomic mass is 9.51. The number of hydrogen-bond acceptors (Lipinski definition) is 5. The highest BCUT2D eigenvalue weighted by molar-refractivity contribution is 5.34. The van der Waals surface area contributed by atoms with Crippen molar-refractivity contribution in [3.8, 4) is 0 Å². The van der Waals surface area contributed by atoms with E-state index in [2.05, 4.69) is 26.0 Å². The van der Waals surface area contributed by atoms with Gasteiger partial charge >= 0.3 is 0 Å². The van der Waals surface area contributed by atoms with Crippen molar-refractivity contribution in [3.63, 3.8) is 0 Å². The summed E-state index contributed by atoms with van der Waals surface area (Å²) in [6.45, 7) is 6.34. The van der Waals surface area contributed by atoms with Gasteiger partial charge in [-0.15, -0.1) is 0 Å². The molecule has 0 aromatic heterocycles. The zero-order valence-corrected chi connectivity index (χ0v) is 28.6. The first-order valence-electron chi connectivity index (χ1n) is 19.5. The fourth-order valence-corrected chi connectivity index (χ4v) is 14.9. The summed E-state index contributed by atoms with van der Waals surface area (Å²) >= 11 is 0. The predicted molar refractivity (Wildman–Crippen MR) is 176 cm³/mol. The van der Waals surface area contributed by atoms with Gasteiger partial charge in [-0.3, -0.25) is 0 Å². The Morgan fingerprint density at radius 1 is 0.739 bits per heavy atom. The fourth-order valence-electron chi connectivity index (χ4n) is 14.9. The molecular formula is C41H58O5. The number of fused-ring (bicyclic) bond motifs is 13. The fraction of sp³-hybridized carbons (Fsp3) is 0.854. The van der Waals surface area contributed by atoms with Crippen LogP contribution in [0.3, 0.4) is 0 Å². The molecule has 10 aliphatic carbocycles. The van der Waals surface area contributed by atoms with Crippen LogP contribution in [-0.2, 0) is 14.2 Å². The molecule has 0 aromatic rings. The van der Waals surface area contributed by atoms with Crippen molar-refractivity contribution >= 4 is 0 Å². The number of allylic oxidation sites excluding steroid dienone is 4. The van der Waals surface area contributed by atoms with Crippen LogP contribution < -0.4 is 0 Å². The van der Waals surface area contributed by atoms with Gasteiger partial charge in [-0.2, -0.15) is 0 Å².